The summed E-state index contributed by atoms with van der Waals surface area (Å²) < 4.78 is 0. The average Bonchev–Trinajstić information content (AvgIpc) is 2.48. The second kappa shape index (κ2) is 7.64. The molecule has 5 heteroatoms. The number of likely N-dealkylation sites (tertiary alicyclic amines) is 1. The van der Waals surface area contributed by atoms with Gasteiger partial charge in [-0.2, -0.15) is 0 Å². The third-order valence-electron chi connectivity index (χ3n) is 4.76. The molecule has 1 saturated heterocycles. The highest BCUT2D eigenvalue weighted by Crippen LogP contribution is 2.27. The Morgan fingerprint density at radius 1 is 1.17 bits per heavy atom. The molecule has 2 rings (SSSR count). The van der Waals surface area contributed by atoms with Crippen molar-refractivity contribution in [3.05, 3.63) is 35.4 Å². The van der Waals surface area contributed by atoms with Crippen LogP contribution in [0.3, 0.4) is 0 Å². The number of carbonyl (C=O) groups is 1. The molecule has 1 aromatic carbocycles. The maximum Gasteiger partial charge on any atom is 0.244 e. The number of carbonyl (C=O) groups excluding carboxylic acids is 1. The first-order chi connectivity index (χ1) is 11.2. The van der Waals surface area contributed by atoms with Crippen LogP contribution in [-0.2, 0) is 4.79 Å². The van der Waals surface area contributed by atoms with E-state index < -0.39 is 5.60 Å². The maximum absolute atomic E-state index is 13.1. The molecule has 0 aliphatic carbocycles. The minimum Gasteiger partial charge on any atom is -0.388 e. The highest BCUT2D eigenvalue weighted by molar-refractivity contribution is 5.83. The van der Waals surface area contributed by atoms with Gasteiger partial charge < -0.3 is 14.9 Å². The van der Waals surface area contributed by atoms with Gasteiger partial charge in [-0.25, -0.2) is 0 Å². The zero-order chi connectivity index (χ0) is 17.9. The molecule has 5 nitrogen and oxygen atoms in total. The fraction of sp³-hybridized carbons (Fsp3) is 0.632. The Balaban J connectivity index is 2.08. The minimum absolute atomic E-state index is 0.121. The number of likely N-dealkylation sites (N-methyl/N-ethyl adjacent to an activating group) is 2. The molecule has 1 aliphatic rings. The zero-order valence-electron chi connectivity index (χ0n) is 15.6. The molecule has 1 aliphatic heterocycles. The topological polar surface area (TPSA) is 47.0 Å². The lowest BCUT2D eigenvalue weighted by atomic mass is 9.90. The van der Waals surface area contributed by atoms with Crippen molar-refractivity contribution in [1.29, 1.82) is 0 Å². The van der Waals surface area contributed by atoms with E-state index in [9.17, 15) is 9.90 Å². The molecule has 1 atom stereocenters. The SMILES string of the molecule is Cc1ccc([C@@H](C(=O)N2CCC(O)(CN(C)C)CC2)N(C)C)cc1. The van der Waals surface area contributed by atoms with E-state index in [1.165, 1.54) is 5.56 Å². The van der Waals surface area contributed by atoms with Crippen molar-refractivity contribution in [2.24, 2.45) is 0 Å². The smallest absolute Gasteiger partial charge is 0.244 e. The van der Waals surface area contributed by atoms with E-state index in [-0.39, 0.29) is 11.9 Å². The number of rotatable bonds is 5. The zero-order valence-corrected chi connectivity index (χ0v) is 15.6. The summed E-state index contributed by atoms with van der Waals surface area (Å²) >= 11 is 0. The van der Waals surface area contributed by atoms with Crippen LogP contribution in [0.4, 0.5) is 0 Å². The number of aliphatic hydroxyl groups is 1. The molecule has 134 valence electrons. The average molecular weight is 333 g/mol. The summed E-state index contributed by atoms with van der Waals surface area (Å²) in [7, 11) is 7.81. The molecule has 1 amide bonds. The van der Waals surface area contributed by atoms with Crippen LogP contribution < -0.4 is 0 Å². The van der Waals surface area contributed by atoms with Gasteiger partial charge in [0.2, 0.25) is 5.91 Å². The summed E-state index contributed by atoms with van der Waals surface area (Å²) in [5.41, 5.74) is 1.53. The van der Waals surface area contributed by atoms with Crippen LogP contribution >= 0.6 is 0 Å². The number of hydrogen-bond donors (Lipinski definition) is 1. The number of piperidine rings is 1. The van der Waals surface area contributed by atoms with Crippen molar-refractivity contribution in [2.75, 3.05) is 47.8 Å². The Morgan fingerprint density at radius 2 is 1.71 bits per heavy atom. The molecule has 1 heterocycles. The normalized spacial score (nSPS) is 18.9. The third-order valence-corrected chi connectivity index (χ3v) is 4.76. The van der Waals surface area contributed by atoms with Gasteiger partial charge in [-0.05, 0) is 53.5 Å². The summed E-state index contributed by atoms with van der Waals surface area (Å²) in [5.74, 6) is 0.121. The molecule has 24 heavy (non-hydrogen) atoms. The number of hydrogen-bond acceptors (Lipinski definition) is 4. The van der Waals surface area contributed by atoms with Crippen LogP contribution in [0.5, 0.6) is 0 Å². The molecular weight excluding hydrogens is 302 g/mol. The first kappa shape index (κ1) is 18.9. The number of benzene rings is 1. The third kappa shape index (κ3) is 4.56. The van der Waals surface area contributed by atoms with Crippen LogP contribution in [0.1, 0.15) is 30.0 Å². The number of nitrogens with zero attached hydrogens (tertiary/aromatic N) is 3. The fourth-order valence-electron chi connectivity index (χ4n) is 3.47. The van der Waals surface area contributed by atoms with E-state index in [0.717, 1.165) is 5.56 Å². The Hall–Kier alpha value is -1.43. The van der Waals surface area contributed by atoms with Crippen LogP contribution in [0, 0.1) is 6.92 Å². The number of aryl methyl sites for hydroxylation is 1. The summed E-state index contributed by atoms with van der Waals surface area (Å²) in [6, 6.07) is 7.88. The highest BCUT2D eigenvalue weighted by atomic mass is 16.3. The van der Waals surface area contributed by atoms with Crippen LogP contribution in [0.25, 0.3) is 0 Å². The molecule has 1 N–H and O–H groups in total. The predicted octanol–water partition coefficient (Wildman–Crippen LogP) is 1.51. The molecule has 0 radical (unpaired) electrons. The van der Waals surface area contributed by atoms with Gasteiger partial charge in [0.25, 0.3) is 0 Å². The molecule has 1 aromatic rings. The van der Waals surface area contributed by atoms with E-state index in [2.05, 4.69) is 0 Å². The highest BCUT2D eigenvalue weighted by Gasteiger charge is 2.36. The largest absolute Gasteiger partial charge is 0.388 e. The Labute approximate surface area is 145 Å². The molecule has 0 bridgehead atoms. The van der Waals surface area contributed by atoms with E-state index in [1.54, 1.807) is 0 Å². The lowest BCUT2D eigenvalue weighted by Gasteiger charge is -2.41. The van der Waals surface area contributed by atoms with E-state index in [0.29, 0.717) is 32.5 Å². The van der Waals surface area contributed by atoms with Crippen molar-refractivity contribution in [1.82, 2.24) is 14.7 Å². The van der Waals surface area contributed by atoms with Crippen LogP contribution in [-0.4, -0.2) is 79.1 Å². The van der Waals surface area contributed by atoms with Crippen LogP contribution in [0.15, 0.2) is 24.3 Å². The first-order valence-corrected chi connectivity index (χ1v) is 8.61. The molecular formula is C19H31N3O2. The molecule has 0 spiro atoms. The van der Waals surface area contributed by atoms with Gasteiger partial charge >= 0.3 is 0 Å². The quantitative estimate of drug-likeness (QED) is 0.887. The van der Waals surface area contributed by atoms with Crippen molar-refractivity contribution in [3.8, 4) is 0 Å². The van der Waals surface area contributed by atoms with Crippen molar-refractivity contribution in [3.63, 3.8) is 0 Å². The first-order valence-electron chi connectivity index (χ1n) is 8.61. The maximum atomic E-state index is 13.1. The summed E-state index contributed by atoms with van der Waals surface area (Å²) in [6.45, 7) is 3.91. The Bertz CT molecular complexity index is 546. The second-order valence-corrected chi connectivity index (χ2v) is 7.56. The van der Waals surface area contributed by atoms with E-state index in [1.807, 2.05) is 74.1 Å². The van der Waals surface area contributed by atoms with E-state index in [4.69, 9.17) is 0 Å². The predicted molar refractivity (Wildman–Crippen MR) is 96.9 cm³/mol. The molecule has 0 unspecified atom stereocenters. The summed E-state index contributed by atoms with van der Waals surface area (Å²) in [4.78, 5) is 18.9. The summed E-state index contributed by atoms with van der Waals surface area (Å²) in [6.07, 6.45) is 1.26. The van der Waals surface area contributed by atoms with Crippen molar-refractivity contribution >= 4 is 5.91 Å². The van der Waals surface area contributed by atoms with Gasteiger partial charge in [-0.3, -0.25) is 9.69 Å². The van der Waals surface area contributed by atoms with Gasteiger partial charge in [-0.15, -0.1) is 0 Å². The van der Waals surface area contributed by atoms with Gasteiger partial charge in [0.15, 0.2) is 0 Å². The van der Waals surface area contributed by atoms with Gasteiger partial charge in [-0.1, -0.05) is 29.8 Å². The lowest BCUT2D eigenvalue weighted by Crippen LogP contribution is -2.52. The van der Waals surface area contributed by atoms with Crippen molar-refractivity contribution < 1.29 is 9.90 Å². The lowest BCUT2D eigenvalue weighted by molar-refractivity contribution is -0.141. The van der Waals surface area contributed by atoms with Gasteiger partial charge in [0.1, 0.15) is 6.04 Å². The van der Waals surface area contributed by atoms with Crippen LogP contribution in [0.2, 0.25) is 0 Å². The molecule has 0 saturated carbocycles. The Morgan fingerprint density at radius 3 is 2.17 bits per heavy atom. The van der Waals surface area contributed by atoms with Crippen molar-refractivity contribution in [2.45, 2.75) is 31.4 Å². The van der Waals surface area contributed by atoms with Gasteiger partial charge in [0.05, 0.1) is 5.60 Å². The van der Waals surface area contributed by atoms with Gasteiger partial charge in [0, 0.05) is 19.6 Å². The molecule has 0 aromatic heterocycles. The summed E-state index contributed by atoms with van der Waals surface area (Å²) in [5, 5.41) is 10.6. The minimum atomic E-state index is -0.683. The molecule has 1 fully saturated rings. The Kier molecular flexibility index (Phi) is 6.01. The fourth-order valence-corrected chi connectivity index (χ4v) is 3.47. The standard InChI is InChI=1S/C19H31N3O2/c1-15-6-8-16(9-7-15)17(21(4)5)18(23)22-12-10-19(24,11-13-22)14-20(2)3/h6-9,17,24H,10-14H2,1-5H3/t17-/m0/s1. The second-order valence-electron chi connectivity index (χ2n) is 7.56. The van der Waals surface area contributed by atoms with E-state index >= 15 is 0 Å². The monoisotopic (exact) mass is 333 g/mol. The number of amides is 1.